The van der Waals surface area contributed by atoms with Gasteiger partial charge in [0.25, 0.3) is 11.5 Å². The SMILES string of the molecule is CC1(C)OB(c2ccc(C3CCC4(CC3)CCN(C(=O)c3cc(Cc5n[nH]c(=O)c6ccccc56)ccc3F)C4)cc2)OC1(C)C. The molecule has 3 heterocycles. The minimum atomic E-state index is -0.512. The van der Waals surface area contributed by atoms with Gasteiger partial charge in [0.05, 0.1) is 27.8 Å². The van der Waals surface area contributed by atoms with E-state index in [4.69, 9.17) is 9.31 Å². The Morgan fingerprint density at radius 1 is 0.957 bits per heavy atom. The number of fused-ring (bicyclic) bond motifs is 1. The van der Waals surface area contributed by atoms with Crippen LogP contribution in [0, 0.1) is 11.2 Å². The van der Waals surface area contributed by atoms with E-state index in [1.807, 2.05) is 23.1 Å². The second-order valence-corrected chi connectivity index (χ2v) is 14.5. The van der Waals surface area contributed by atoms with Crippen LogP contribution >= 0.6 is 0 Å². The van der Waals surface area contributed by atoms with E-state index in [-0.39, 0.29) is 40.8 Å². The van der Waals surface area contributed by atoms with Crippen LogP contribution in [0.2, 0.25) is 0 Å². The Morgan fingerprint density at radius 3 is 2.33 bits per heavy atom. The van der Waals surface area contributed by atoms with Gasteiger partial charge in [-0.25, -0.2) is 9.49 Å². The number of rotatable bonds is 5. The number of hydrogen-bond acceptors (Lipinski definition) is 5. The number of carbonyl (C=O) groups is 1. The second-order valence-electron chi connectivity index (χ2n) is 14.5. The summed E-state index contributed by atoms with van der Waals surface area (Å²) in [6.45, 7) is 9.58. The van der Waals surface area contributed by atoms with Crippen molar-refractivity contribution in [2.45, 2.75) is 83.3 Å². The van der Waals surface area contributed by atoms with Crippen LogP contribution in [0.1, 0.15) is 92.9 Å². The minimum Gasteiger partial charge on any atom is -0.399 e. The van der Waals surface area contributed by atoms with Gasteiger partial charge in [-0.2, -0.15) is 5.10 Å². The van der Waals surface area contributed by atoms with Crippen LogP contribution in [-0.2, 0) is 15.7 Å². The molecule has 1 aliphatic carbocycles. The fourth-order valence-corrected chi connectivity index (χ4v) is 7.50. The van der Waals surface area contributed by atoms with E-state index in [9.17, 15) is 9.59 Å². The Hall–Kier alpha value is -3.82. The van der Waals surface area contributed by atoms with Gasteiger partial charge in [-0.15, -0.1) is 0 Å². The van der Waals surface area contributed by atoms with E-state index in [2.05, 4.69) is 62.2 Å². The maximum atomic E-state index is 15.1. The van der Waals surface area contributed by atoms with Crippen molar-refractivity contribution in [3.63, 3.8) is 0 Å². The van der Waals surface area contributed by atoms with Crippen LogP contribution in [0.4, 0.5) is 4.39 Å². The van der Waals surface area contributed by atoms with Gasteiger partial charge in [0.2, 0.25) is 0 Å². The number of halogens is 1. The van der Waals surface area contributed by atoms with Crippen molar-refractivity contribution in [1.29, 1.82) is 0 Å². The molecule has 2 aliphatic heterocycles. The highest BCUT2D eigenvalue weighted by atomic mass is 19.1. The van der Waals surface area contributed by atoms with E-state index in [0.29, 0.717) is 36.5 Å². The number of likely N-dealkylation sites (tertiary alicyclic amines) is 1. The molecule has 0 bridgehead atoms. The van der Waals surface area contributed by atoms with Crippen molar-refractivity contribution in [2.24, 2.45) is 5.41 Å². The minimum absolute atomic E-state index is 0.0849. The Kier molecular flexibility index (Phi) is 7.68. The van der Waals surface area contributed by atoms with Gasteiger partial charge in [0.1, 0.15) is 5.82 Å². The zero-order chi connectivity index (χ0) is 32.3. The van der Waals surface area contributed by atoms with Gasteiger partial charge in [-0.05, 0) is 106 Å². The summed E-state index contributed by atoms with van der Waals surface area (Å²) in [5, 5.41) is 8.12. The Labute approximate surface area is 269 Å². The summed E-state index contributed by atoms with van der Waals surface area (Å²) in [6, 6.07) is 20.7. The lowest BCUT2D eigenvalue weighted by molar-refractivity contribution is 0.00578. The zero-order valence-electron chi connectivity index (χ0n) is 27.1. The molecule has 0 atom stereocenters. The lowest BCUT2D eigenvalue weighted by atomic mass is 9.68. The van der Waals surface area contributed by atoms with Crippen LogP contribution in [0.15, 0.2) is 71.5 Å². The fourth-order valence-electron chi connectivity index (χ4n) is 7.50. The monoisotopic (exact) mass is 621 g/mol. The molecule has 0 radical (unpaired) electrons. The molecule has 9 heteroatoms. The highest BCUT2D eigenvalue weighted by Crippen LogP contribution is 2.48. The maximum absolute atomic E-state index is 15.1. The van der Waals surface area contributed by atoms with Crippen molar-refractivity contribution in [2.75, 3.05) is 13.1 Å². The average molecular weight is 622 g/mol. The first-order chi connectivity index (χ1) is 21.9. The van der Waals surface area contributed by atoms with E-state index >= 15 is 4.39 Å². The summed E-state index contributed by atoms with van der Waals surface area (Å²) in [5.41, 5.74) is 3.04. The smallest absolute Gasteiger partial charge is 0.399 e. The molecule has 1 N–H and O–H groups in total. The van der Waals surface area contributed by atoms with Crippen molar-refractivity contribution in [1.82, 2.24) is 15.1 Å². The van der Waals surface area contributed by atoms with Gasteiger partial charge in [-0.3, -0.25) is 9.59 Å². The largest absolute Gasteiger partial charge is 0.494 e. The standard InChI is InChI=1S/C37H41BFN3O4/c1-35(2)36(3,4)46-38(45-35)27-12-10-25(11-13-27)26-15-17-37(18-16-26)19-20-42(23-37)34(44)30-21-24(9-14-31(30)39)22-32-28-7-5-6-8-29(28)33(43)41-40-32/h5-14,21,26H,15-20,22-23H2,1-4H3,(H,41,43). The molecule has 1 aromatic heterocycles. The van der Waals surface area contributed by atoms with E-state index in [0.717, 1.165) is 48.5 Å². The predicted octanol–water partition coefficient (Wildman–Crippen LogP) is 6.14. The molecule has 238 valence electrons. The lowest BCUT2D eigenvalue weighted by Gasteiger charge is -2.37. The molecular formula is C37H41BFN3O4. The predicted molar refractivity (Wildman–Crippen MR) is 178 cm³/mol. The van der Waals surface area contributed by atoms with Gasteiger partial charge >= 0.3 is 7.12 Å². The van der Waals surface area contributed by atoms with Crippen molar-refractivity contribution < 1.29 is 18.5 Å². The average Bonchev–Trinajstić information content (AvgIpc) is 3.55. The molecule has 7 rings (SSSR count). The van der Waals surface area contributed by atoms with Crippen molar-refractivity contribution in [3.8, 4) is 0 Å². The van der Waals surface area contributed by atoms with Crippen LogP contribution in [0.5, 0.6) is 0 Å². The molecule has 1 spiro atoms. The van der Waals surface area contributed by atoms with Crippen LogP contribution in [0.25, 0.3) is 10.8 Å². The summed E-state index contributed by atoms with van der Waals surface area (Å²) in [4.78, 5) is 27.7. The molecule has 1 amide bonds. The Morgan fingerprint density at radius 2 is 1.63 bits per heavy atom. The first-order valence-electron chi connectivity index (χ1n) is 16.4. The summed E-state index contributed by atoms with van der Waals surface area (Å²) >= 11 is 0. The van der Waals surface area contributed by atoms with Gasteiger partial charge in [0, 0.05) is 24.9 Å². The molecule has 1 saturated carbocycles. The molecular weight excluding hydrogens is 580 g/mol. The van der Waals surface area contributed by atoms with E-state index in [1.165, 1.54) is 11.6 Å². The number of aromatic nitrogens is 2. The molecule has 46 heavy (non-hydrogen) atoms. The summed E-state index contributed by atoms with van der Waals surface area (Å²) in [6.07, 6.45) is 5.56. The number of H-pyrrole nitrogens is 1. The number of hydrogen-bond donors (Lipinski definition) is 1. The molecule has 3 fully saturated rings. The highest BCUT2D eigenvalue weighted by Gasteiger charge is 2.51. The van der Waals surface area contributed by atoms with Gasteiger partial charge in [-0.1, -0.05) is 48.5 Å². The van der Waals surface area contributed by atoms with Crippen LogP contribution in [-0.4, -0.2) is 52.4 Å². The first-order valence-corrected chi connectivity index (χ1v) is 16.4. The second kappa shape index (κ2) is 11.5. The third-order valence-electron chi connectivity index (χ3n) is 11.1. The fraction of sp³-hybridized carbons (Fsp3) is 0.432. The number of amides is 1. The molecule has 3 aromatic carbocycles. The normalized spacial score (nSPS) is 23.8. The Bertz CT molecular complexity index is 1830. The summed E-state index contributed by atoms with van der Waals surface area (Å²) in [5.74, 6) is -0.285. The third-order valence-corrected chi connectivity index (χ3v) is 11.1. The van der Waals surface area contributed by atoms with Crippen LogP contribution in [0.3, 0.4) is 0 Å². The molecule has 4 aromatic rings. The van der Waals surface area contributed by atoms with Gasteiger partial charge < -0.3 is 14.2 Å². The highest BCUT2D eigenvalue weighted by molar-refractivity contribution is 6.62. The Balaban J connectivity index is 0.991. The molecule has 7 nitrogen and oxygen atoms in total. The lowest BCUT2D eigenvalue weighted by Crippen LogP contribution is -2.41. The van der Waals surface area contributed by atoms with Crippen molar-refractivity contribution in [3.05, 3.63) is 105 Å². The number of nitrogens with one attached hydrogen (secondary N) is 1. The quantitative estimate of drug-likeness (QED) is 0.271. The molecule has 3 aliphatic rings. The number of carbonyl (C=O) groups excluding carboxylic acids is 1. The number of aromatic amines is 1. The summed E-state index contributed by atoms with van der Waals surface area (Å²) < 4.78 is 27.5. The maximum Gasteiger partial charge on any atom is 0.494 e. The first kappa shape index (κ1) is 30.8. The van der Waals surface area contributed by atoms with E-state index < -0.39 is 5.82 Å². The van der Waals surface area contributed by atoms with Crippen LogP contribution < -0.4 is 11.0 Å². The van der Waals surface area contributed by atoms with Crippen molar-refractivity contribution >= 4 is 29.3 Å². The third kappa shape index (κ3) is 5.58. The molecule has 0 unspecified atom stereocenters. The van der Waals surface area contributed by atoms with Gasteiger partial charge in [0.15, 0.2) is 0 Å². The summed E-state index contributed by atoms with van der Waals surface area (Å²) in [7, 11) is -0.360. The zero-order valence-corrected chi connectivity index (χ0v) is 27.1. The number of benzene rings is 3. The van der Waals surface area contributed by atoms with E-state index in [1.54, 1.807) is 18.2 Å². The topological polar surface area (TPSA) is 84.5 Å². The number of nitrogens with zero attached hydrogens (tertiary/aromatic N) is 2. The molecule has 2 saturated heterocycles.